The van der Waals surface area contributed by atoms with E-state index in [0.717, 1.165) is 0 Å². The fourth-order valence-corrected chi connectivity index (χ4v) is 2.34. The normalized spacial score (nSPS) is 13.3. The number of carboxylic acids is 1. The summed E-state index contributed by atoms with van der Waals surface area (Å²) in [5.74, 6) is -1.73. The second-order valence-electron chi connectivity index (χ2n) is 5.46. The molecule has 0 spiro atoms. The number of rotatable bonds is 6. The fourth-order valence-electron chi connectivity index (χ4n) is 2.34. The van der Waals surface area contributed by atoms with Crippen LogP contribution in [0.15, 0.2) is 43.0 Å². The molecule has 3 rings (SSSR count). The predicted octanol–water partition coefficient (Wildman–Crippen LogP) is -0.115. The van der Waals surface area contributed by atoms with Crippen molar-refractivity contribution >= 4 is 28.9 Å². The van der Waals surface area contributed by atoms with E-state index in [1.54, 1.807) is 30.3 Å². The Morgan fingerprint density at radius 3 is 2.54 bits per heavy atom. The highest BCUT2D eigenvalue weighted by molar-refractivity contribution is 6.06. The van der Waals surface area contributed by atoms with Crippen molar-refractivity contribution in [1.29, 1.82) is 0 Å². The number of carbonyl (C=O) groups excluding carboxylic acids is 1. The molecule has 1 aromatic carbocycles. The van der Waals surface area contributed by atoms with E-state index in [0.29, 0.717) is 5.56 Å². The lowest BCUT2D eigenvalue weighted by molar-refractivity contribution is -0.153. The molecule has 2 heterocycles. The van der Waals surface area contributed by atoms with E-state index in [2.05, 4.69) is 20.3 Å². The number of hydrogen-bond donors (Lipinski definition) is 4. The largest absolute Gasteiger partial charge is 0.479 e. The number of imidazole rings is 1. The van der Waals surface area contributed by atoms with Gasteiger partial charge in [0.2, 0.25) is 0 Å². The number of fused-ring (bicyclic) bond motifs is 1. The molecule has 0 radical (unpaired) electrons. The van der Waals surface area contributed by atoms with Gasteiger partial charge in [-0.15, -0.1) is 0 Å². The summed E-state index contributed by atoms with van der Waals surface area (Å²) in [4.78, 5) is 35.1. The average molecular weight is 357 g/mol. The summed E-state index contributed by atoms with van der Waals surface area (Å²) in [5.41, 5.74) is 0.993. The van der Waals surface area contributed by atoms with Crippen molar-refractivity contribution in [2.24, 2.45) is 0 Å². The number of nitrogens with zero attached hydrogens (tertiary/aromatic N) is 4. The Hall–Kier alpha value is -3.37. The number of carboxylic acid groups (broad SMARTS) is 1. The number of carbonyl (C=O) groups is 2. The summed E-state index contributed by atoms with van der Waals surface area (Å²) < 4.78 is 1.37. The molecule has 0 bridgehead atoms. The van der Waals surface area contributed by atoms with Crippen LogP contribution in [-0.2, 0) is 11.3 Å². The highest BCUT2D eigenvalue weighted by atomic mass is 16.4. The molecule has 2 aromatic heterocycles. The molecule has 134 valence electrons. The summed E-state index contributed by atoms with van der Waals surface area (Å²) in [6.07, 6.45) is -0.968. The van der Waals surface area contributed by atoms with Gasteiger partial charge in [0.25, 0.3) is 5.91 Å². The topological polar surface area (TPSA) is 150 Å². The Bertz CT molecular complexity index is 943. The zero-order chi connectivity index (χ0) is 18.7. The number of nitrogens with one attached hydrogen (secondary N) is 1. The standard InChI is InChI=1S/C16H15N5O5/c22-10(12(23)16(25)26)6-21-8-19-11-13(17-7-18-14(11)21)20-15(24)9-4-2-1-3-5-9/h1-5,7-8,10,12,22-23H,6H2,(H,25,26)(H,17,18,20,24)/t10-,12-/m1/s1. The van der Waals surface area contributed by atoms with Gasteiger partial charge in [0.1, 0.15) is 12.4 Å². The van der Waals surface area contributed by atoms with E-state index in [-0.39, 0.29) is 29.4 Å². The van der Waals surface area contributed by atoms with E-state index in [4.69, 9.17) is 5.11 Å². The second kappa shape index (κ2) is 7.25. The zero-order valence-corrected chi connectivity index (χ0v) is 13.4. The van der Waals surface area contributed by atoms with Crippen LogP contribution < -0.4 is 5.32 Å². The molecule has 4 N–H and O–H groups in total. The van der Waals surface area contributed by atoms with Gasteiger partial charge in [-0.05, 0) is 12.1 Å². The van der Waals surface area contributed by atoms with E-state index in [9.17, 15) is 19.8 Å². The van der Waals surface area contributed by atoms with Crippen LogP contribution in [0.1, 0.15) is 10.4 Å². The van der Waals surface area contributed by atoms with Gasteiger partial charge in [-0.2, -0.15) is 0 Å². The van der Waals surface area contributed by atoms with Gasteiger partial charge >= 0.3 is 5.97 Å². The monoisotopic (exact) mass is 357 g/mol. The lowest BCUT2D eigenvalue weighted by Gasteiger charge is -2.14. The highest BCUT2D eigenvalue weighted by Gasteiger charge is 2.25. The third kappa shape index (κ3) is 3.50. The first-order valence-electron chi connectivity index (χ1n) is 7.58. The smallest absolute Gasteiger partial charge is 0.335 e. The Kier molecular flexibility index (Phi) is 4.87. The van der Waals surface area contributed by atoms with Gasteiger partial charge in [-0.25, -0.2) is 19.7 Å². The molecule has 0 aliphatic carbocycles. The summed E-state index contributed by atoms with van der Waals surface area (Å²) in [5, 5.41) is 30.6. The lowest BCUT2D eigenvalue weighted by atomic mass is 10.2. The van der Waals surface area contributed by atoms with E-state index < -0.39 is 18.2 Å². The number of aliphatic hydroxyl groups is 2. The Morgan fingerprint density at radius 1 is 1.12 bits per heavy atom. The molecule has 2 atom stereocenters. The van der Waals surface area contributed by atoms with Crippen LogP contribution >= 0.6 is 0 Å². The maximum absolute atomic E-state index is 12.3. The lowest BCUT2D eigenvalue weighted by Crippen LogP contribution is -2.36. The Labute approximate surface area is 146 Å². The van der Waals surface area contributed by atoms with E-state index >= 15 is 0 Å². The first kappa shape index (κ1) is 17.5. The molecule has 0 saturated heterocycles. The van der Waals surface area contributed by atoms with Crippen LogP contribution in [0.4, 0.5) is 5.82 Å². The van der Waals surface area contributed by atoms with Crippen LogP contribution in [0.2, 0.25) is 0 Å². The summed E-state index contributed by atoms with van der Waals surface area (Å²) in [7, 11) is 0. The molecule has 0 saturated carbocycles. The number of hydrogen-bond acceptors (Lipinski definition) is 7. The van der Waals surface area contributed by atoms with Gasteiger partial charge in [0.15, 0.2) is 23.1 Å². The predicted molar refractivity (Wildman–Crippen MR) is 89.4 cm³/mol. The second-order valence-corrected chi connectivity index (χ2v) is 5.46. The Balaban J connectivity index is 1.85. The van der Waals surface area contributed by atoms with Crippen LogP contribution in [0.25, 0.3) is 11.2 Å². The first-order chi connectivity index (χ1) is 12.5. The minimum absolute atomic E-state index is 0.177. The third-order valence-electron chi connectivity index (χ3n) is 3.67. The van der Waals surface area contributed by atoms with Gasteiger partial charge in [0.05, 0.1) is 12.9 Å². The van der Waals surface area contributed by atoms with E-state index in [1.165, 1.54) is 17.2 Å². The number of aliphatic carboxylic acids is 1. The van der Waals surface area contributed by atoms with Crippen molar-refractivity contribution in [1.82, 2.24) is 19.5 Å². The fraction of sp³-hybridized carbons (Fsp3) is 0.188. The summed E-state index contributed by atoms with van der Waals surface area (Å²) in [6, 6.07) is 8.55. The van der Waals surface area contributed by atoms with Gasteiger partial charge in [0, 0.05) is 5.56 Å². The van der Waals surface area contributed by atoms with Crippen LogP contribution in [0.5, 0.6) is 0 Å². The zero-order valence-electron chi connectivity index (χ0n) is 13.4. The molecule has 0 unspecified atom stereocenters. The molecule has 10 nitrogen and oxygen atoms in total. The van der Waals surface area contributed by atoms with Crippen molar-refractivity contribution in [3.63, 3.8) is 0 Å². The third-order valence-corrected chi connectivity index (χ3v) is 3.67. The highest BCUT2D eigenvalue weighted by Crippen LogP contribution is 2.18. The molecule has 0 aliphatic rings. The molecule has 10 heteroatoms. The minimum Gasteiger partial charge on any atom is -0.479 e. The Morgan fingerprint density at radius 2 is 1.85 bits per heavy atom. The first-order valence-corrected chi connectivity index (χ1v) is 7.58. The number of aliphatic hydroxyl groups excluding tert-OH is 2. The van der Waals surface area contributed by atoms with Crippen LogP contribution in [0.3, 0.4) is 0 Å². The molecule has 0 fully saturated rings. The van der Waals surface area contributed by atoms with Crippen molar-refractivity contribution in [2.75, 3.05) is 5.32 Å². The quantitative estimate of drug-likeness (QED) is 0.477. The van der Waals surface area contributed by atoms with Crippen LogP contribution in [0, 0.1) is 0 Å². The molecule has 0 aliphatic heterocycles. The summed E-state index contributed by atoms with van der Waals surface area (Å²) >= 11 is 0. The average Bonchev–Trinajstić information content (AvgIpc) is 3.05. The van der Waals surface area contributed by atoms with Gasteiger partial charge in [-0.1, -0.05) is 18.2 Å². The van der Waals surface area contributed by atoms with Crippen LogP contribution in [-0.4, -0.2) is 58.9 Å². The minimum atomic E-state index is -1.94. The SMILES string of the molecule is O=C(Nc1ncnc2c1ncn2C[C@@H](O)[C@@H](O)C(=O)O)c1ccccc1. The summed E-state index contributed by atoms with van der Waals surface area (Å²) in [6.45, 7) is -0.243. The van der Waals surface area contributed by atoms with Gasteiger partial charge < -0.3 is 25.2 Å². The maximum Gasteiger partial charge on any atom is 0.335 e. The molecular weight excluding hydrogens is 342 g/mol. The molecule has 1 amide bonds. The number of aromatic nitrogens is 4. The van der Waals surface area contributed by atoms with Crippen molar-refractivity contribution in [3.05, 3.63) is 48.5 Å². The molecule has 3 aromatic rings. The maximum atomic E-state index is 12.3. The van der Waals surface area contributed by atoms with Gasteiger partial charge in [-0.3, -0.25) is 4.79 Å². The van der Waals surface area contributed by atoms with E-state index in [1.807, 2.05) is 0 Å². The van der Waals surface area contributed by atoms with Crippen molar-refractivity contribution < 1.29 is 24.9 Å². The molecule has 26 heavy (non-hydrogen) atoms. The molecular formula is C16H15N5O5. The number of benzene rings is 1. The number of amides is 1. The van der Waals surface area contributed by atoms with Crippen molar-refractivity contribution in [2.45, 2.75) is 18.8 Å². The van der Waals surface area contributed by atoms with Crippen molar-refractivity contribution in [3.8, 4) is 0 Å². The number of anilines is 1.